The Morgan fingerprint density at radius 1 is 1.32 bits per heavy atom. The highest BCUT2D eigenvalue weighted by Gasteiger charge is 2.30. The summed E-state index contributed by atoms with van der Waals surface area (Å²) in [5, 5.41) is 1.28. The fraction of sp³-hybridized carbons (Fsp3) is 0.375. The van der Waals surface area contributed by atoms with Crippen LogP contribution in [0.15, 0.2) is 30.5 Å². The first-order valence-corrected chi connectivity index (χ1v) is 6.85. The van der Waals surface area contributed by atoms with Gasteiger partial charge in [-0.25, -0.2) is 0 Å². The minimum absolute atomic E-state index is 0.504. The molecular formula is C16H18N2O. The molecule has 0 saturated heterocycles. The smallest absolute Gasteiger partial charge is 0.120 e. The van der Waals surface area contributed by atoms with Gasteiger partial charge in [0.2, 0.25) is 0 Å². The van der Waals surface area contributed by atoms with Gasteiger partial charge in [0.05, 0.1) is 18.7 Å². The van der Waals surface area contributed by atoms with Crippen molar-refractivity contribution in [3.05, 3.63) is 36.0 Å². The summed E-state index contributed by atoms with van der Waals surface area (Å²) in [6.07, 6.45) is 5.75. The molecule has 0 amide bonds. The zero-order chi connectivity index (χ0) is 13.0. The third-order valence-corrected chi connectivity index (χ3v) is 4.49. The first kappa shape index (κ1) is 11.1. The van der Waals surface area contributed by atoms with Crippen LogP contribution in [0.5, 0.6) is 5.75 Å². The number of ether oxygens (including phenoxy) is 1. The molecule has 3 nitrogen and oxygen atoms in total. The normalized spacial score (nSPS) is 22.2. The Hall–Kier alpha value is -1.74. The number of aromatic nitrogens is 1. The van der Waals surface area contributed by atoms with E-state index in [1.807, 2.05) is 0 Å². The summed E-state index contributed by atoms with van der Waals surface area (Å²) in [6, 6.07) is 7.02. The second-order valence-corrected chi connectivity index (χ2v) is 5.53. The summed E-state index contributed by atoms with van der Waals surface area (Å²) >= 11 is 0. The van der Waals surface area contributed by atoms with Crippen molar-refractivity contribution in [1.82, 2.24) is 9.47 Å². The fourth-order valence-corrected chi connectivity index (χ4v) is 3.48. The lowest BCUT2D eigenvalue weighted by Gasteiger charge is -2.37. The molecule has 3 heterocycles. The molecule has 0 aliphatic carbocycles. The standard InChI is InChI=1S/C16H18N2O/c1-17-6-3-4-13-14-9-12(19-2)8-11-5-7-18(16(11)14)10-15(13)17/h4-5,7-9,15H,3,6,10H2,1-2H3. The maximum atomic E-state index is 5.45. The molecular weight excluding hydrogens is 236 g/mol. The van der Waals surface area contributed by atoms with Crippen molar-refractivity contribution in [1.29, 1.82) is 0 Å². The van der Waals surface area contributed by atoms with Crippen LogP contribution in [0.3, 0.4) is 0 Å². The molecule has 19 heavy (non-hydrogen) atoms. The van der Waals surface area contributed by atoms with Crippen molar-refractivity contribution in [2.24, 2.45) is 0 Å². The van der Waals surface area contributed by atoms with E-state index in [-0.39, 0.29) is 0 Å². The monoisotopic (exact) mass is 254 g/mol. The molecule has 0 bridgehead atoms. The van der Waals surface area contributed by atoms with Crippen LogP contribution in [0.2, 0.25) is 0 Å². The van der Waals surface area contributed by atoms with Crippen LogP contribution in [0, 0.1) is 0 Å². The molecule has 3 heteroatoms. The van der Waals surface area contributed by atoms with Gasteiger partial charge in [-0.2, -0.15) is 0 Å². The lowest BCUT2D eigenvalue weighted by atomic mass is 9.89. The minimum Gasteiger partial charge on any atom is -0.497 e. The number of hydrogen-bond acceptors (Lipinski definition) is 2. The third-order valence-electron chi connectivity index (χ3n) is 4.49. The molecule has 2 aromatic rings. The molecule has 0 saturated carbocycles. The quantitative estimate of drug-likeness (QED) is 0.778. The summed E-state index contributed by atoms with van der Waals surface area (Å²) in [5.41, 5.74) is 4.18. The average molecular weight is 254 g/mol. The summed E-state index contributed by atoms with van der Waals surface area (Å²) < 4.78 is 7.84. The first-order chi connectivity index (χ1) is 9.28. The van der Waals surface area contributed by atoms with Gasteiger partial charge in [-0.05, 0) is 37.2 Å². The third kappa shape index (κ3) is 1.48. The summed E-state index contributed by atoms with van der Waals surface area (Å²) in [4.78, 5) is 2.46. The minimum atomic E-state index is 0.504. The molecule has 0 N–H and O–H groups in total. The highest BCUT2D eigenvalue weighted by atomic mass is 16.5. The average Bonchev–Trinajstić information content (AvgIpc) is 2.84. The van der Waals surface area contributed by atoms with E-state index in [9.17, 15) is 0 Å². The van der Waals surface area contributed by atoms with Gasteiger partial charge in [-0.1, -0.05) is 6.08 Å². The molecule has 0 spiro atoms. The highest BCUT2D eigenvalue weighted by Crippen LogP contribution is 2.39. The Kier molecular flexibility index (Phi) is 2.27. The van der Waals surface area contributed by atoms with Crippen LogP contribution in [0.25, 0.3) is 16.5 Å². The van der Waals surface area contributed by atoms with E-state index in [0.29, 0.717) is 6.04 Å². The molecule has 98 valence electrons. The Bertz CT molecular complexity index is 683. The largest absolute Gasteiger partial charge is 0.497 e. The number of fused-ring (bicyclic) bond motifs is 2. The van der Waals surface area contributed by atoms with Crippen LogP contribution in [-0.2, 0) is 6.54 Å². The Balaban J connectivity index is 2.02. The number of benzene rings is 1. The van der Waals surface area contributed by atoms with Crippen molar-refractivity contribution in [2.75, 3.05) is 20.7 Å². The number of rotatable bonds is 1. The van der Waals surface area contributed by atoms with Crippen LogP contribution >= 0.6 is 0 Å². The molecule has 1 aromatic carbocycles. The van der Waals surface area contributed by atoms with Gasteiger partial charge in [0.15, 0.2) is 0 Å². The van der Waals surface area contributed by atoms with E-state index in [1.165, 1.54) is 22.0 Å². The van der Waals surface area contributed by atoms with Gasteiger partial charge in [0.25, 0.3) is 0 Å². The number of likely N-dealkylation sites (N-methyl/N-ethyl adjacent to an activating group) is 1. The van der Waals surface area contributed by atoms with E-state index in [4.69, 9.17) is 4.74 Å². The van der Waals surface area contributed by atoms with Gasteiger partial charge in [0, 0.05) is 30.2 Å². The predicted molar refractivity (Wildman–Crippen MR) is 77.5 cm³/mol. The topological polar surface area (TPSA) is 17.4 Å². The van der Waals surface area contributed by atoms with E-state index < -0.39 is 0 Å². The second-order valence-electron chi connectivity index (χ2n) is 5.53. The molecule has 1 aromatic heterocycles. The first-order valence-electron chi connectivity index (χ1n) is 6.85. The van der Waals surface area contributed by atoms with E-state index in [1.54, 1.807) is 7.11 Å². The van der Waals surface area contributed by atoms with Crippen molar-refractivity contribution >= 4 is 16.5 Å². The van der Waals surface area contributed by atoms with Crippen LogP contribution in [-0.4, -0.2) is 36.2 Å². The molecule has 2 aliphatic rings. The maximum absolute atomic E-state index is 5.45. The molecule has 0 fully saturated rings. The van der Waals surface area contributed by atoms with E-state index in [0.717, 1.165) is 25.3 Å². The molecule has 4 rings (SSSR count). The number of hydrogen-bond donors (Lipinski definition) is 0. The zero-order valence-corrected chi connectivity index (χ0v) is 11.4. The van der Waals surface area contributed by atoms with Crippen molar-refractivity contribution in [3.8, 4) is 5.75 Å². The van der Waals surface area contributed by atoms with Gasteiger partial charge in [-0.3, -0.25) is 4.90 Å². The second kappa shape index (κ2) is 3.87. The summed E-state index contributed by atoms with van der Waals surface area (Å²) in [6.45, 7) is 2.21. The van der Waals surface area contributed by atoms with Crippen molar-refractivity contribution in [2.45, 2.75) is 19.0 Å². The van der Waals surface area contributed by atoms with E-state index in [2.05, 4.69) is 47.0 Å². The predicted octanol–water partition coefficient (Wildman–Crippen LogP) is 2.75. The molecule has 1 atom stereocenters. The SMILES string of the molecule is COc1cc2c3c(ccn3CC3C2=CCCN3C)c1. The molecule has 2 aliphatic heterocycles. The van der Waals surface area contributed by atoms with Gasteiger partial charge < -0.3 is 9.30 Å². The van der Waals surface area contributed by atoms with Crippen molar-refractivity contribution in [3.63, 3.8) is 0 Å². The molecule has 0 radical (unpaired) electrons. The Labute approximate surface area is 113 Å². The molecule has 1 unspecified atom stereocenters. The lowest BCUT2D eigenvalue weighted by Crippen LogP contribution is -2.41. The van der Waals surface area contributed by atoms with Crippen LogP contribution in [0.4, 0.5) is 0 Å². The highest BCUT2D eigenvalue weighted by molar-refractivity contribution is 5.95. The van der Waals surface area contributed by atoms with Gasteiger partial charge in [-0.15, -0.1) is 0 Å². The Morgan fingerprint density at radius 2 is 2.21 bits per heavy atom. The fourth-order valence-electron chi connectivity index (χ4n) is 3.48. The summed E-state index contributed by atoms with van der Waals surface area (Å²) in [5.74, 6) is 0.954. The Morgan fingerprint density at radius 3 is 3.05 bits per heavy atom. The zero-order valence-electron chi connectivity index (χ0n) is 11.4. The number of nitrogens with zero attached hydrogens (tertiary/aromatic N) is 2. The van der Waals surface area contributed by atoms with Gasteiger partial charge in [0.1, 0.15) is 5.75 Å². The van der Waals surface area contributed by atoms with Gasteiger partial charge >= 0.3 is 0 Å². The maximum Gasteiger partial charge on any atom is 0.120 e. The van der Waals surface area contributed by atoms with Crippen LogP contribution < -0.4 is 4.74 Å². The number of methoxy groups -OCH3 is 1. The van der Waals surface area contributed by atoms with Crippen molar-refractivity contribution < 1.29 is 4.74 Å². The lowest BCUT2D eigenvalue weighted by molar-refractivity contribution is 0.260. The van der Waals surface area contributed by atoms with Crippen LogP contribution in [0.1, 0.15) is 12.0 Å². The summed E-state index contributed by atoms with van der Waals surface area (Å²) in [7, 11) is 3.97. The van der Waals surface area contributed by atoms with E-state index >= 15 is 0 Å².